The first-order valence-electron chi connectivity index (χ1n) is 4.55. The summed E-state index contributed by atoms with van der Waals surface area (Å²) in [7, 11) is 0. The van der Waals surface area contributed by atoms with E-state index < -0.39 is 11.5 Å². The molecule has 0 saturated heterocycles. The summed E-state index contributed by atoms with van der Waals surface area (Å²) in [6.45, 7) is 5.94. The molecule has 0 fully saturated rings. The highest BCUT2D eigenvalue weighted by Crippen LogP contribution is 2.09. The Bertz CT molecular complexity index is 172. The molecule has 13 heavy (non-hydrogen) atoms. The Morgan fingerprint density at radius 2 is 2.15 bits per heavy atom. The van der Waals surface area contributed by atoms with E-state index in [1.807, 2.05) is 13.8 Å². The van der Waals surface area contributed by atoms with E-state index in [9.17, 15) is 4.79 Å². The molecular formula is C9H19NO3. The normalized spacial score (nSPS) is 17.8. The number of nitrogens with one attached hydrogen (secondary N) is 1. The Hall–Kier alpha value is -0.610. The number of carboxylic acid groups (broad SMARTS) is 1. The number of carboxylic acids is 1. The Kier molecular flexibility index (Phi) is 4.95. The number of aliphatic hydroxyl groups excluding tert-OH is 1. The van der Waals surface area contributed by atoms with Crippen LogP contribution in [-0.2, 0) is 4.79 Å². The van der Waals surface area contributed by atoms with E-state index in [4.69, 9.17) is 10.2 Å². The van der Waals surface area contributed by atoms with Crippen LogP contribution < -0.4 is 5.32 Å². The van der Waals surface area contributed by atoms with Gasteiger partial charge in [0.15, 0.2) is 0 Å². The van der Waals surface area contributed by atoms with Gasteiger partial charge < -0.3 is 15.5 Å². The van der Waals surface area contributed by atoms with Gasteiger partial charge in [-0.05, 0) is 19.3 Å². The Balaban J connectivity index is 4.05. The highest BCUT2D eigenvalue weighted by Gasteiger charge is 2.30. The van der Waals surface area contributed by atoms with Crippen LogP contribution in [0.5, 0.6) is 0 Å². The average Bonchev–Trinajstić information content (AvgIpc) is 2.13. The quantitative estimate of drug-likeness (QED) is 0.567. The second kappa shape index (κ2) is 5.19. The van der Waals surface area contributed by atoms with Crippen LogP contribution in [0.25, 0.3) is 0 Å². The van der Waals surface area contributed by atoms with Gasteiger partial charge in [-0.2, -0.15) is 0 Å². The van der Waals surface area contributed by atoms with Crippen molar-refractivity contribution in [3.05, 3.63) is 0 Å². The van der Waals surface area contributed by atoms with Gasteiger partial charge in [0.05, 0.1) is 0 Å². The lowest BCUT2D eigenvalue weighted by Crippen LogP contribution is -2.50. The van der Waals surface area contributed by atoms with Gasteiger partial charge in [-0.15, -0.1) is 0 Å². The number of aliphatic carboxylic acids is 1. The minimum atomic E-state index is -0.872. The van der Waals surface area contributed by atoms with Crippen LogP contribution in [-0.4, -0.2) is 34.9 Å². The number of hydrogen-bond acceptors (Lipinski definition) is 3. The van der Waals surface area contributed by atoms with Crippen LogP contribution in [0.3, 0.4) is 0 Å². The molecule has 0 heterocycles. The van der Waals surface area contributed by atoms with Gasteiger partial charge >= 0.3 is 5.97 Å². The third-order valence-electron chi connectivity index (χ3n) is 2.33. The lowest BCUT2D eigenvalue weighted by molar-refractivity contribution is -0.144. The Labute approximate surface area is 79.0 Å². The summed E-state index contributed by atoms with van der Waals surface area (Å²) in [5.41, 5.74) is -0.872. The predicted molar refractivity (Wildman–Crippen MR) is 50.6 cm³/mol. The van der Waals surface area contributed by atoms with Gasteiger partial charge in [-0.25, -0.2) is 0 Å². The third kappa shape index (κ3) is 3.74. The highest BCUT2D eigenvalue weighted by atomic mass is 16.4. The Morgan fingerprint density at radius 1 is 1.62 bits per heavy atom. The monoisotopic (exact) mass is 189 g/mol. The molecule has 0 aliphatic heterocycles. The van der Waals surface area contributed by atoms with Gasteiger partial charge in [0, 0.05) is 13.2 Å². The number of hydrogen-bond donors (Lipinski definition) is 3. The van der Waals surface area contributed by atoms with E-state index >= 15 is 0 Å². The molecule has 0 aromatic rings. The third-order valence-corrected chi connectivity index (χ3v) is 2.33. The van der Waals surface area contributed by atoms with E-state index in [-0.39, 0.29) is 12.5 Å². The van der Waals surface area contributed by atoms with E-state index in [2.05, 4.69) is 5.32 Å². The molecule has 2 unspecified atom stereocenters. The zero-order valence-electron chi connectivity index (χ0n) is 8.50. The maximum absolute atomic E-state index is 10.8. The van der Waals surface area contributed by atoms with Gasteiger partial charge in [0.2, 0.25) is 0 Å². The van der Waals surface area contributed by atoms with E-state index in [0.717, 1.165) is 0 Å². The Morgan fingerprint density at radius 3 is 2.46 bits per heavy atom. The molecule has 0 aliphatic rings. The van der Waals surface area contributed by atoms with Crippen molar-refractivity contribution in [3.63, 3.8) is 0 Å². The largest absolute Gasteiger partial charge is 0.480 e. The summed E-state index contributed by atoms with van der Waals surface area (Å²) in [6.07, 6.45) is 0.528. The summed E-state index contributed by atoms with van der Waals surface area (Å²) < 4.78 is 0. The second-order valence-corrected chi connectivity index (χ2v) is 3.66. The molecule has 0 aromatic carbocycles. The molecule has 4 nitrogen and oxygen atoms in total. The fourth-order valence-electron chi connectivity index (χ4n) is 0.816. The van der Waals surface area contributed by atoms with Gasteiger partial charge in [-0.3, -0.25) is 4.79 Å². The molecule has 0 radical (unpaired) electrons. The molecule has 0 aliphatic carbocycles. The van der Waals surface area contributed by atoms with Gasteiger partial charge in [0.1, 0.15) is 5.54 Å². The summed E-state index contributed by atoms with van der Waals surface area (Å²) in [5.74, 6) is -0.759. The summed E-state index contributed by atoms with van der Waals surface area (Å²) in [5, 5.41) is 20.6. The molecule has 78 valence electrons. The van der Waals surface area contributed by atoms with Crippen LogP contribution >= 0.6 is 0 Å². The first-order chi connectivity index (χ1) is 5.96. The van der Waals surface area contributed by atoms with Crippen LogP contribution in [0.4, 0.5) is 0 Å². The number of carbonyl (C=O) groups is 1. The topological polar surface area (TPSA) is 69.6 Å². The minimum absolute atomic E-state index is 0.0758. The van der Waals surface area contributed by atoms with E-state index in [1.165, 1.54) is 0 Å². The van der Waals surface area contributed by atoms with Crippen LogP contribution in [0, 0.1) is 5.92 Å². The average molecular weight is 189 g/mol. The van der Waals surface area contributed by atoms with Crippen molar-refractivity contribution in [2.75, 3.05) is 13.2 Å². The summed E-state index contributed by atoms with van der Waals surface area (Å²) >= 11 is 0. The molecule has 2 atom stereocenters. The van der Waals surface area contributed by atoms with Crippen LogP contribution in [0.2, 0.25) is 0 Å². The molecule has 0 saturated carbocycles. The fourth-order valence-corrected chi connectivity index (χ4v) is 0.816. The predicted octanol–water partition coefficient (Wildman–Crippen LogP) is 0.458. The first-order valence-corrected chi connectivity index (χ1v) is 4.55. The SMILES string of the molecule is CCC(C)(NCC(C)CO)C(=O)O. The molecule has 0 amide bonds. The standard InChI is InChI=1S/C9H19NO3/c1-4-9(3,8(12)13)10-5-7(2)6-11/h7,10-11H,4-6H2,1-3H3,(H,12,13). The summed E-state index contributed by atoms with van der Waals surface area (Å²) in [6, 6.07) is 0. The van der Waals surface area contributed by atoms with Crippen molar-refractivity contribution in [1.29, 1.82) is 0 Å². The maximum Gasteiger partial charge on any atom is 0.323 e. The van der Waals surface area contributed by atoms with Crippen LogP contribution in [0.1, 0.15) is 27.2 Å². The minimum Gasteiger partial charge on any atom is -0.480 e. The van der Waals surface area contributed by atoms with Crippen molar-refractivity contribution >= 4 is 5.97 Å². The summed E-state index contributed by atoms with van der Waals surface area (Å²) in [4.78, 5) is 10.8. The highest BCUT2D eigenvalue weighted by molar-refractivity contribution is 5.78. The molecular weight excluding hydrogens is 170 g/mol. The molecule has 0 aromatic heterocycles. The van der Waals surface area contributed by atoms with Crippen molar-refractivity contribution in [1.82, 2.24) is 5.32 Å². The molecule has 0 bridgehead atoms. The van der Waals surface area contributed by atoms with E-state index in [1.54, 1.807) is 6.92 Å². The van der Waals surface area contributed by atoms with Gasteiger partial charge in [-0.1, -0.05) is 13.8 Å². The van der Waals surface area contributed by atoms with E-state index in [0.29, 0.717) is 13.0 Å². The zero-order chi connectivity index (χ0) is 10.5. The lowest BCUT2D eigenvalue weighted by Gasteiger charge is -2.26. The zero-order valence-corrected chi connectivity index (χ0v) is 8.50. The number of aliphatic hydroxyl groups is 1. The molecule has 3 N–H and O–H groups in total. The lowest BCUT2D eigenvalue weighted by atomic mass is 9.98. The van der Waals surface area contributed by atoms with Gasteiger partial charge in [0.25, 0.3) is 0 Å². The molecule has 0 spiro atoms. The molecule has 0 rings (SSSR count). The van der Waals surface area contributed by atoms with Crippen molar-refractivity contribution < 1.29 is 15.0 Å². The maximum atomic E-state index is 10.8. The van der Waals surface area contributed by atoms with Crippen molar-refractivity contribution in [3.8, 4) is 0 Å². The molecule has 4 heteroatoms. The second-order valence-electron chi connectivity index (χ2n) is 3.66. The fraction of sp³-hybridized carbons (Fsp3) is 0.889. The first kappa shape index (κ1) is 12.4. The smallest absolute Gasteiger partial charge is 0.323 e. The van der Waals surface area contributed by atoms with Crippen molar-refractivity contribution in [2.45, 2.75) is 32.7 Å². The number of rotatable bonds is 6. The van der Waals surface area contributed by atoms with Crippen LogP contribution in [0.15, 0.2) is 0 Å². The van der Waals surface area contributed by atoms with Crippen molar-refractivity contribution in [2.24, 2.45) is 5.92 Å².